The quantitative estimate of drug-likeness (QED) is 0.864. The van der Waals surface area contributed by atoms with E-state index in [1.54, 1.807) is 39.8 Å². The van der Waals surface area contributed by atoms with Crippen LogP contribution in [-0.4, -0.2) is 37.5 Å². The summed E-state index contributed by atoms with van der Waals surface area (Å²) in [6.45, 7) is 7.14. The van der Waals surface area contributed by atoms with Gasteiger partial charge in [0.25, 0.3) is 0 Å². The van der Waals surface area contributed by atoms with Crippen LogP contribution in [0.3, 0.4) is 0 Å². The maximum Gasteiger partial charge on any atom is 0.335 e. The smallest absolute Gasteiger partial charge is 0.335 e. The molecule has 2 rings (SSSR count). The summed E-state index contributed by atoms with van der Waals surface area (Å²) in [5, 5.41) is 33.6. The minimum absolute atomic E-state index is 0.146. The fraction of sp³-hybridized carbons (Fsp3) is 0.500. The van der Waals surface area contributed by atoms with Gasteiger partial charge in [-0.1, -0.05) is 12.1 Å². The number of aromatic carboxylic acids is 1. The van der Waals surface area contributed by atoms with Crippen LogP contribution in [0.4, 0.5) is 0 Å². The summed E-state index contributed by atoms with van der Waals surface area (Å²) in [6.07, 6.45) is -0.845. The molecular formula is C14H19N2O4-. The molecular weight excluding hydrogens is 260 g/mol. The number of nitrogens with zero attached hydrogens (tertiary/aromatic N) is 2. The largest absolute Gasteiger partial charge is 0.783 e. The molecule has 1 saturated heterocycles. The van der Waals surface area contributed by atoms with Crippen LogP contribution in [0.25, 0.3) is 0 Å². The molecule has 0 spiro atoms. The van der Waals surface area contributed by atoms with E-state index in [0.29, 0.717) is 5.56 Å². The van der Waals surface area contributed by atoms with Gasteiger partial charge in [-0.2, -0.15) is 5.06 Å². The molecule has 110 valence electrons. The number of carboxylic acid groups (broad SMARTS) is 1. The number of hydrogen-bond donors (Lipinski definition) is 2. The molecule has 0 aliphatic carbocycles. The molecule has 6 nitrogen and oxygen atoms in total. The highest BCUT2D eigenvalue weighted by Gasteiger charge is 2.54. The van der Waals surface area contributed by atoms with Crippen molar-refractivity contribution in [2.45, 2.75) is 44.9 Å². The van der Waals surface area contributed by atoms with Crippen molar-refractivity contribution >= 4 is 5.97 Å². The topological polar surface area (TPSA) is 87.1 Å². The van der Waals surface area contributed by atoms with Crippen LogP contribution in [0.15, 0.2) is 24.3 Å². The highest BCUT2D eigenvalue weighted by molar-refractivity contribution is 5.87. The fourth-order valence-corrected chi connectivity index (χ4v) is 2.34. The molecule has 0 saturated carbocycles. The van der Waals surface area contributed by atoms with Crippen molar-refractivity contribution in [3.05, 3.63) is 40.6 Å². The molecule has 0 radical (unpaired) electrons. The molecule has 1 fully saturated rings. The molecule has 0 bridgehead atoms. The molecule has 1 aliphatic rings. The van der Waals surface area contributed by atoms with E-state index < -0.39 is 23.2 Å². The van der Waals surface area contributed by atoms with Gasteiger partial charge >= 0.3 is 5.97 Å². The van der Waals surface area contributed by atoms with E-state index in [1.165, 1.54) is 12.1 Å². The third-order valence-corrected chi connectivity index (χ3v) is 4.53. The fourth-order valence-electron chi connectivity index (χ4n) is 2.34. The number of hydroxylamine groups is 4. The number of benzene rings is 1. The Morgan fingerprint density at radius 3 is 2.00 bits per heavy atom. The number of carboxylic acids is 1. The maximum atomic E-state index is 12.5. The van der Waals surface area contributed by atoms with Crippen LogP contribution >= 0.6 is 0 Å². The first-order valence-electron chi connectivity index (χ1n) is 6.38. The van der Waals surface area contributed by atoms with Crippen molar-refractivity contribution in [2.75, 3.05) is 0 Å². The second-order valence-electron chi connectivity index (χ2n) is 6.09. The Bertz CT molecular complexity index is 504. The summed E-state index contributed by atoms with van der Waals surface area (Å²) in [4.78, 5) is 10.8. The van der Waals surface area contributed by atoms with Gasteiger partial charge in [0, 0.05) is 5.54 Å². The van der Waals surface area contributed by atoms with Crippen molar-refractivity contribution in [2.24, 2.45) is 0 Å². The second kappa shape index (κ2) is 4.53. The van der Waals surface area contributed by atoms with Crippen LogP contribution in [-0.2, 0) is 0 Å². The van der Waals surface area contributed by atoms with Gasteiger partial charge in [-0.05, 0) is 45.4 Å². The van der Waals surface area contributed by atoms with Gasteiger partial charge < -0.3 is 20.6 Å². The standard InChI is InChI=1S/C14H19N2O4/c1-13(2)14(3,4)16(20)11(15(13)19)9-5-7-10(8-6-9)12(17)18/h5-8,11,19H,1-4H3,(H,17,18)/q-1. The molecule has 1 atom stereocenters. The zero-order valence-electron chi connectivity index (χ0n) is 12.0. The Morgan fingerprint density at radius 2 is 1.65 bits per heavy atom. The highest BCUT2D eigenvalue weighted by Crippen LogP contribution is 2.47. The van der Waals surface area contributed by atoms with Gasteiger partial charge in [0.05, 0.1) is 11.1 Å². The Balaban J connectivity index is 2.40. The molecule has 1 aromatic carbocycles. The van der Waals surface area contributed by atoms with E-state index in [2.05, 4.69) is 0 Å². The van der Waals surface area contributed by atoms with Gasteiger partial charge in [-0.25, -0.2) is 4.79 Å². The molecule has 20 heavy (non-hydrogen) atoms. The van der Waals surface area contributed by atoms with E-state index in [0.717, 1.165) is 10.1 Å². The van der Waals surface area contributed by atoms with E-state index >= 15 is 0 Å². The van der Waals surface area contributed by atoms with Gasteiger partial charge in [-0.3, -0.25) is 0 Å². The zero-order chi connectivity index (χ0) is 15.3. The lowest BCUT2D eigenvalue weighted by molar-refractivity contribution is -0.178. The monoisotopic (exact) mass is 279 g/mol. The summed E-state index contributed by atoms with van der Waals surface area (Å²) < 4.78 is 0. The SMILES string of the molecule is CC1(C)N([O-])C(c2ccc(C(=O)O)cc2)N(O)C1(C)C. The van der Waals surface area contributed by atoms with Crippen molar-refractivity contribution < 1.29 is 15.1 Å². The third kappa shape index (κ3) is 1.92. The predicted molar refractivity (Wildman–Crippen MR) is 73.1 cm³/mol. The van der Waals surface area contributed by atoms with Crippen LogP contribution < -0.4 is 0 Å². The van der Waals surface area contributed by atoms with Crippen LogP contribution in [0, 0.1) is 5.21 Å². The average molecular weight is 279 g/mol. The second-order valence-corrected chi connectivity index (χ2v) is 6.09. The van der Waals surface area contributed by atoms with Gasteiger partial charge in [0.2, 0.25) is 0 Å². The number of hydrogen-bond acceptors (Lipinski definition) is 5. The number of rotatable bonds is 2. The minimum Gasteiger partial charge on any atom is -0.783 e. The molecule has 1 unspecified atom stereocenters. The van der Waals surface area contributed by atoms with Gasteiger partial charge in [-0.15, -0.1) is 0 Å². The van der Waals surface area contributed by atoms with Crippen molar-refractivity contribution in [3.8, 4) is 0 Å². The Labute approximate surface area is 117 Å². The van der Waals surface area contributed by atoms with E-state index in [1.807, 2.05) is 0 Å². The maximum absolute atomic E-state index is 12.5. The van der Waals surface area contributed by atoms with E-state index in [4.69, 9.17) is 5.11 Å². The first-order chi connectivity index (χ1) is 9.10. The first-order valence-corrected chi connectivity index (χ1v) is 6.38. The molecule has 0 amide bonds. The minimum atomic E-state index is -1.02. The van der Waals surface area contributed by atoms with Crippen molar-refractivity contribution in [1.82, 2.24) is 10.1 Å². The normalized spacial score (nSPS) is 25.8. The summed E-state index contributed by atoms with van der Waals surface area (Å²) >= 11 is 0. The lowest BCUT2D eigenvalue weighted by Crippen LogP contribution is -2.52. The Hall–Kier alpha value is -1.47. The van der Waals surface area contributed by atoms with Crippen LogP contribution in [0.5, 0.6) is 0 Å². The van der Waals surface area contributed by atoms with Crippen molar-refractivity contribution in [3.63, 3.8) is 0 Å². The van der Waals surface area contributed by atoms with E-state index in [9.17, 15) is 15.2 Å². The Morgan fingerprint density at radius 1 is 1.15 bits per heavy atom. The zero-order valence-corrected chi connectivity index (χ0v) is 12.0. The third-order valence-electron chi connectivity index (χ3n) is 4.53. The lowest BCUT2D eigenvalue weighted by atomic mass is 9.84. The Kier molecular flexibility index (Phi) is 3.38. The highest BCUT2D eigenvalue weighted by atomic mass is 16.6. The lowest BCUT2D eigenvalue weighted by Gasteiger charge is -2.44. The average Bonchev–Trinajstić information content (AvgIpc) is 2.49. The molecule has 2 N–H and O–H groups in total. The summed E-state index contributed by atoms with van der Waals surface area (Å²) in [5.74, 6) is -1.02. The van der Waals surface area contributed by atoms with Crippen LogP contribution in [0.1, 0.15) is 49.8 Å². The molecule has 1 aliphatic heterocycles. The summed E-state index contributed by atoms with van der Waals surface area (Å²) in [6, 6.07) is 5.97. The first kappa shape index (κ1) is 14.9. The predicted octanol–water partition coefficient (Wildman–Crippen LogP) is 2.45. The van der Waals surface area contributed by atoms with Crippen molar-refractivity contribution in [1.29, 1.82) is 0 Å². The summed E-state index contributed by atoms with van der Waals surface area (Å²) in [7, 11) is 0. The van der Waals surface area contributed by atoms with Crippen LogP contribution in [0.2, 0.25) is 0 Å². The van der Waals surface area contributed by atoms with Gasteiger partial charge in [0.1, 0.15) is 6.17 Å². The number of carbonyl (C=O) groups is 1. The summed E-state index contributed by atoms with van der Waals surface area (Å²) in [5.41, 5.74) is -0.804. The molecule has 6 heteroatoms. The molecule has 0 aromatic heterocycles. The molecule has 1 aromatic rings. The molecule has 1 heterocycles. The van der Waals surface area contributed by atoms with E-state index in [-0.39, 0.29) is 5.56 Å². The van der Waals surface area contributed by atoms with Gasteiger partial charge in [0.15, 0.2) is 0 Å².